The highest BCUT2D eigenvalue weighted by Gasteiger charge is 2.17. The molecule has 150 valence electrons. The number of hydrogen-bond acceptors (Lipinski definition) is 7. The van der Waals surface area contributed by atoms with Gasteiger partial charge in [-0.15, -0.1) is 0 Å². The van der Waals surface area contributed by atoms with Crippen molar-refractivity contribution in [3.8, 4) is 5.75 Å². The van der Waals surface area contributed by atoms with Gasteiger partial charge in [0, 0.05) is 23.2 Å². The number of carbonyl (C=O) groups excluding carboxylic acids is 1. The summed E-state index contributed by atoms with van der Waals surface area (Å²) in [5.74, 6) is -0.255. The molecule has 0 bridgehead atoms. The van der Waals surface area contributed by atoms with E-state index in [0.29, 0.717) is 15.8 Å². The van der Waals surface area contributed by atoms with Crippen LogP contribution in [0.25, 0.3) is 0 Å². The average Bonchev–Trinajstić information content (AvgIpc) is 3.12. The van der Waals surface area contributed by atoms with Crippen LogP contribution in [0.15, 0.2) is 50.2 Å². The Kier molecular flexibility index (Phi) is 6.07. The number of ether oxygens (including phenoxy) is 1. The SMILES string of the molecule is Cc1c(Br)cc([N+](=O)[O-])cc1C(=O)NCc1ccc(OCc2noc(=O)[nH]2)cc1. The molecule has 11 heteroatoms. The Morgan fingerprint density at radius 1 is 1.34 bits per heavy atom. The van der Waals surface area contributed by atoms with Gasteiger partial charge in [-0.1, -0.05) is 33.2 Å². The van der Waals surface area contributed by atoms with Gasteiger partial charge in [0.05, 0.1) is 10.5 Å². The fourth-order valence-corrected chi connectivity index (χ4v) is 2.91. The zero-order valence-electron chi connectivity index (χ0n) is 15.1. The van der Waals surface area contributed by atoms with Crippen molar-refractivity contribution in [2.45, 2.75) is 20.1 Å². The Balaban J connectivity index is 1.60. The number of hydrogen-bond donors (Lipinski definition) is 2. The van der Waals surface area contributed by atoms with E-state index in [1.54, 1.807) is 31.2 Å². The highest BCUT2D eigenvalue weighted by molar-refractivity contribution is 9.10. The van der Waals surface area contributed by atoms with Crippen LogP contribution in [0.4, 0.5) is 5.69 Å². The molecule has 1 heterocycles. The standard InChI is InChI=1S/C18H15BrN4O6/c1-10-14(6-12(23(26)27)7-15(10)19)17(24)20-8-11-2-4-13(5-3-11)28-9-16-21-18(25)29-22-16/h2-7H,8-9H2,1H3,(H,20,24)(H,21,22,25). The molecule has 0 saturated carbocycles. The highest BCUT2D eigenvalue weighted by Crippen LogP contribution is 2.26. The summed E-state index contributed by atoms with van der Waals surface area (Å²) in [6.45, 7) is 1.98. The number of rotatable bonds is 7. The summed E-state index contributed by atoms with van der Waals surface area (Å²) in [4.78, 5) is 36.2. The Morgan fingerprint density at radius 3 is 2.69 bits per heavy atom. The number of H-pyrrole nitrogens is 1. The van der Waals surface area contributed by atoms with Crippen LogP contribution in [-0.4, -0.2) is 21.0 Å². The number of nitrogens with zero attached hydrogens (tertiary/aromatic N) is 2. The molecule has 10 nitrogen and oxygen atoms in total. The lowest BCUT2D eigenvalue weighted by Crippen LogP contribution is -2.23. The molecule has 29 heavy (non-hydrogen) atoms. The van der Waals surface area contributed by atoms with Gasteiger partial charge in [-0.05, 0) is 30.2 Å². The largest absolute Gasteiger partial charge is 0.486 e. The molecule has 2 N–H and O–H groups in total. The molecule has 0 unspecified atom stereocenters. The summed E-state index contributed by atoms with van der Waals surface area (Å²) in [7, 11) is 0. The minimum absolute atomic E-state index is 0.0444. The number of halogens is 1. The second-order valence-electron chi connectivity index (χ2n) is 6.01. The number of nitro benzene ring substituents is 1. The molecule has 0 radical (unpaired) electrons. The Hall–Kier alpha value is -3.47. The van der Waals surface area contributed by atoms with Crippen molar-refractivity contribution in [2.75, 3.05) is 0 Å². The Morgan fingerprint density at radius 2 is 2.07 bits per heavy atom. The molecule has 1 amide bonds. The van der Waals surface area contributed by atoms with E-state index in [1.165, 1.54) is 12.1 Å². The molecule has 0 atom stereocenters. The van der Waals surface area contributed by atoms with Crippen molar-refractivity contribution in [3.63, 3.8) is 0 Å². The van der Waals surface area contributed by atoms with Crippen LogP contribution in [0.5, 0.6) is 5.75 Å². The normalized spacial score (nSPS) is 10.6. The molecule has 0 aliphatic rings. The molecule has 2 aromatic carbocycles. The number of aromatic nitrogens is 2. The third-order valence-electron chi connectivity index (χ3n) is 4.02. The predicted octanol–water partition coefficient (Wildman–Crippen LogP) is 2.85. The first-order chi connectivity index (χ1) is 13.8. The first-order valence-electron chi connectivity index (χ1n) is 8.33. The number of aromatic amines is 1. The zero-order valence-corrected chi connectivity index (χ0v) is 16.7. The summed E-state index contributed by atoms with van der Waals surface area (Å²) >= 11 is 3.24. The topological polar surface area (TPSA) is 140 Å². The number of non-ortho nitro benzene ring substituents is 1. The van der Waals surface area contributed by atoms with Crippen molar-refractivity contribution in [1.29, 1.82) is 0 Å². The van der Waals surface area contributed by atoms with Crippen LogP contribution in [0.1, 0.15) is 27.3 Å². The van der Waals surface area contributed by atoms with E-state index in [0.717, 1.165) is 5.56 Å². The molecule has 1 aromatic heterocycles. The van der Waals surface area contributed by atoms with E-state index in [1.807, 2.05) is 0 Å². The van der Waals surface area contributed by atoms with Crippen LogP contribution in [0.3, 0.4) is 0 Å². The van der Waals surface area contributed by atoms with Gasteiger partial charge in [-0.3, -0.25) is 24.4 Å². The molecule has 3 aromatic rings. The molecule has 0 spiro atoms. The minimum Gasteiger partial charge on any atom is -0.486 e. The maximum atomic E-state index is 12.5. The average molecular weight is 463 g/mol. The van der Waals surface area contributed by atoms with Crippen LogP contribution >= 0.6 is 15.9 Å². The number of nitro groups is 1. The molecule has 0 saturated heterocycles. The molecule has 0 aliphatic carbocycles. The first kappa shape index (κ1) is 20.3. The maximum absolute atomic E-state index is 12.5. The minimum atomic E-state index is -0.652. The van der Waals surface area contributed by atoms with Crippen molar-refractivity contribution < 1.29 is 19.0 Å². The van der Waals surface area contributed by atoms with Gasteiger partial charge in [0.2, 0.25) is 0 Å². The quantitative estimate of drug-likeness (QED) is 0.406. The van der Waals surface area contributed by atoms with E-state index in [-0.39, 0.29) is 30.2 Å². The van der Waals surface area contributed by atoms with Crippen LogP contribution in [-0.2, 0) is 13.2 Å². The van der Waals surface area contributed by atoms with Crippen LogP contribution in [0.2, 0.25) is 0 Å². The first-order valence-corrected chi connectivity index (χ1v) is 9.12. The fourth-order valence-electron chi connectivity index (χ4n) is 2.46. The number of nitrogens with one attached hydrogen (secondary N) is 2. The second kappa shape index (κ2) is 8.69. The molecular formula is C18H15BrN4O6. The van der Waals surface area contributed by atoms with Gasteiger partial charge in [0.25, 0.3) is 11.6 Å². The van der Waals surface area contributed by atoms with Crippen LogP contribution in [0, 0.1) is 17.0 Å². The third-order valence-corrected chi connectivity index (χ3v) is 4.85. The number of benzene rings is 2. The predicted molar refractivity (Wildman–Crippen MR) is 105 cm³/mol. The number of carbonyl (C=O) groups is 1. The molecule has 0 fully saturated rings. The smallest absolute Gasteiger partial charge is 0.439 e. The van der Waals surface area contributed by atoms with Crippen molar-refractivity contribution in [3.05, 3.63) is 84.1 Å². The second-order valence-corrected chi connectivity index (χ2v) is 6.87. The van der Waals surface area contributed by atoms with Gasteiger partial charge < -0.3 is 10.1 Å². The zero-order chi connectivity index (χ0) is 21.0. The van der Waals surface area contributed by atoms with Gasteiger partial charge in [-0.2, -0.15) is 0 Å². The lowest BCUT2D eigenvalue weighted by Gasteiger charge is -2.10. The van der Waals surface area contributed by atoms with Crippen molar-refractivity contribution in [1.82, 2.24) is 15.5 Å². The summed E-state index contributed by atoms with van der Waals surface area (Å²) in [6, 6.07) is 9.54. The number of amides is 1. The summed E-state index contributed by atoms with van der Waals surface area (Å²) < 4.78 is 10.3. The molecule has 0 aliphatic heterocycles. The van der Waals surface area contributed by atoms with Gasteiger partial charge in [0.1, 0.15) is 12.4 Å². The van der Waals surface area contributed by atoms with Gasteiger partial charge in [-0.25, -0.2) is 4.79 Å². The van der Waals surface area contributed by atoms with Crippen molar-refractivity contribution in [2.24, 2.45) is 0 Å². The highest BCUT2D eigenvalue weighted by atomic mass is 79.9. The Labute approximate surface area is 172 Å². The van der Waals surface area contributed by atoms with E-state index in [2.05, 4.69) is 35.9 Å². The molecule has 3 rings (SSSR count). The van der Waals surface area contributed by atoms with E-state index in [9.17, 15) is 19.7 Å². The lowest BCUT2D eigenvalue weighted by molar-refractivity contribution is -0.385. The van der Waals surface area contributed by atoms with Gasteiger partial charge in [0.15, 0.2) is 5.82 Å². The van der Waals surface area contributed by atoms with E-state index >= 15 is 0 Å². The fraction of sp³-hybridized carbons (Fsp3) is 0.167. The molecular weight excluding hydrogens is 448 g/mol. The van der Waals surface area contributed by atoms with Gasteiger partial charge >= 0.3 is 5.76 Å². The summed E-state index contributed by atoms with van der Waals surface area (Å²) in [5, 5.41) is 17.2. The van der Waals surface area contributed by atoms with E-state index < -0.39 is 16.6 Å². The third kappa shape index (κ3) is 5.08. The van der Waals surface area contributed by atoms with Crippen LogP contribution < -0.4 is 15.8 Å². The Bertz CT molecular complexity index is 1110. The monoisotopic (exact) mass is 462 g/mol. The van der Waals surface area contributed by atoms with Crippen molar-refractivity contribution >= 4 is 27.5 Å². The lowest BCUT2D eigenvalue weighted by atomic mass is 10.1. The summed E-state index contributed by atoms with van der Waals surface area (Å²) in [6.07, 6.45) is 0. The summed E-state index contributed by atoms with van der Waals surface area (Å²) in [5.41, 5.74) is 1.49. The van der Waals surface area contributed by atoms with E-state index in [4.69, 9.17) is 4.74 Å². The maximum Gasteiger partial charge on any atom is 0.439 e.